The first-order chi connectivity index (χ1) is 12.2. The molecule has 1 aromatic heterocycles. The molecule has 0 aliphatic carbocycles. The minimum atomic E-state index is -0.394. The Labute approximate surface area is 146 Å². The van der Waals surface area contributed by atoms with Gasteiger partial charge in [-0.1, -0.05) is 18.2 Å². The van der Waals surface area contributed by atoms with Crippen LogP contribution >= 0.6 is 0 Å². The minimum Gasteiger partial charge on any atom is -0.342 e. The van der Waals surface area contributed by atoms with Crippen LogP contribution in [0.25, 0.3) is 0 Å². The van der Waals surface area contributed by atoms with Crippen LogP contribution in [-0.2, 0) is 11.2 Å². The molecule has 0 spiro atoms. The van der Waals surface area contributed by atoms with Crippen molar-refractivity contribution in [2.75, 3.05) is 13.1 Å². The van der Waals surface area contributed by atoms with Gasteiger partial charge in [-0.15, -0.1) is 0 Å². The molecule has 0 bridgehead atoms. The number of nitrogens with zero attached hydrogens (tertiary/aromatic N) is 3. The highest BCUT2D eigenvalue weighted by molar-refractivity contribution is 5.84. The van der Waals surface area contributed by atoms with Crippen LogP contribution in [0.3, 0.4) is 0 Å². The van der Waals surface area contributed by atoms with E-state index >= 15 is 0 Å². The third kappa shape index (κ3) is 4.21. The number of hydrogen-bond acceptors (Lipinski definition) is 3. The van der Waals surface area contributed by atoms with E-state index in [1.807, 2.05) is 23.1 Å². The summed E-state index contributed by atoms with van der Waals surface area (Å²) in [6.07, 6.45) is 3.60. The molecule has 1 aliphatic heterocycles. The van der Waals surface area contributed by atoms with Crippen LogP contribution in [-0.4, -0.2) is 28.9 Å². The number of amides is 1. The van der Waals surface area contributed by atoms with Crippen LogP contribution in [0.1, 0.15) is 30.0 Å². The monoisotopic (exact) mass is 337 g/mol. The van der Waals surface area contributed by atoms with Crippen LogP contribution < -0.4 is 0 Å². The van der Waals surface area contributed by atoms with Crippen LogP contribution in [0, 0.1) is 23.1 Å². The molecular weight excluding hydrogens is 317 g/mol. The van der Waals surface area contributed by atoms with E-state index in [2.05, 4.69) is 11.1 Å². The molecule has 0 N–H and O–H groups in total. The van der Waals surface area contributed by atoms with Crippen molar-refractivity contribution < 1.29 is 9.18 Å². The molecule has 1 atom stereocenters. The third-order valence-electron chi connectivity index (χ3n) is 4.70. The maximum atomic E-state index is 13.3. The predicted molar refractivity (Wildman–Crippen MR) is 92.0 cm³/mol. The zero-order chi connectivity index (χ0) is 17.6. The zero-order valence-corrected chi connectivity index (χ0v) is 13.9. The molecule has 1 amide bonds. The molecule has 1 fully saturated rings. The summed E-state index contributed by atoms with van der Waals surface area (Å²) in [4.78, 5) is 19.3. The number of nitriles is 1. The second kappa shape index (κ2) is 7.89. The van der Waals surface area contributed by atoms with Gasteiger partial charge in [0.25, 0.3) is 0 Å². The van der Waals surface area contributed by atoms with Crippen molar-refractivity contribution in [1.82, 2.24) is 9.88 Å². The van der Waals surface area contributed by atoms with Crippen LogP contribution in [0.5, 0.6) is 0 Å². The van der Waals surface area contributed by atoms with Crippen LogP contribution in [0.4, 0.5) is 4.39 Å². The van der Waals surface area contributed by atoms with Crippen molar-refractivity contribution in [2.45, 2.75) is 25.2 Å². The van der Waals surface area contributed by atoms with Gasteiger partial charge < -0.3 is 4.90 Å². The molecule has 4 nitrogen and oxygen atoms in total. The van der Waals surface area contributed by atoms with Crippen molar-refractivity contribution in [2.24, 2.45) is 5.92 Å². The van der Waals surface area contributed by atoms with Gasteiger partial charge in [0.2, 0.25) is 5.91 Å². The molecule has 2 heterocycles. The van der Waals surface area contributed by atoms with E-state index in [0.29, 0.717) is 32.4 Å². The molecule has 1 aliphatic rings. The predicted octanol–water partition coefficient (Wildman–Crippen LogP) is 3.31. The van der Waals surface area contributed by atoms with Gasteiger partial charge in [0, 0.05) is 37.3 Å². The number of likely N-dealkylation sites (tertiary alicyclic amines) is 1. The van der Waals surface area contributed by atoms with Crippen molar-refractivity contribution in [3.63, 3.8) is 0 Å². The molecule has 25 heavy (non-hydrogen) atoms. The standard InChI is InChI=1S/C20H20FN3O/c21-17-6-4-16(5-7-17)19(13-18-3-1-2-10-23-18)20(25)24-11-8-15(14-22)9-12-24/h1-7,10,15,19H,8-9,11-13H2. The summed E-state index contributed by atoms with van der Waals surface area (Å²) in [6.45, 7) is 1.19. The van der Waals surface area contributed by atoms with E-state index in [0.717, 1.165) is 11.3 Å². The Bertz CT molecular complexity index is 747. The van der Waals surface area contributed by atoms with Gasteiger partial charge in [-0.05, 0) is 42.7 Å². The number of carbonyl (C=O) groups is 1. The first-order valence-electron chi connectivity index (χ1n) is 8.51. The number of carbonyl (C=O) groups excluding carboxylic acids is 1. The fourth-order valence-corrected chi connectivity index (χ4v) is 3.22. The Morgan fingerprint density at radius 1 is 1.24 bits per heavy atom. The summed E-state index contributed by atoms with van der Waals surface area (Å²) >= 11 is 0. The number of hydrogen-bond donors (Lipinski definition) is 0. The molecule has 2 aromatic rings. The van der Waals surface area contributed by atoms with E-state index in [1.165, 1.54) is 12.1 Å². The second-order valence-corrected chi connectivity index (χ2v) is 6.36. The highest BCUT2D eigenvalue weighted by Crippen LogP contribution is 2.26. The van der Waals surface area contributed by atoms with E-state index in [9.17, 15) is 9.18 Å². The molecule has 5 heteroatoms. The van der Waals surface area contributed by atoms with Crippen molar-refractivity contribution in [1.29, 1.82) is 5.26 Å². The summed E-state index contributed by atoms with van der Waals surface area (Å²) in [5, 5.41) is 9.03. The lowest BCUT2D eigenvalue weighted by atomic mass is 9.90. The van der Waals surface area contributed by atoms with Gasteiger partial charge in [0.15, 0.2) is 0 Å². The summed E-state index contributed by atoms with van der Waals surface area (Å²) < 4.78 is 13.3. The van der Waals surface area contributed by atoms with Crippen molar-refractivity contribution in [3.05, 3.63) is 65.7 Å². The normalized spacial score (nSPS) is 16.2. The zero-order valence-electron chi connectivity index (χ0n) is 13.9. The number of piperidine rings is 1. The number of halogens is 1. The average Bonchev–Trinajstić information content (AvgIpc) is 2.67. The molecule has 3 rings (SSSR count). The van der Waals surface area contributed by atoms with Gasteiger partial charge in [0.1, 0.15) is 5.82 Å². The summed E-state index contributed by atoms with van der Waals surface area (Å²) in [7, 11) is 0. The third-order valence-corrected chi connectivity index (χ3v) is 4.70. The number of rotatable bonds is 4. The van der Waals surface area contributed by atoms with Crippen molar-refractivity contribution in [3.8, 4) is 6.07 Å². The molecule has 1 unspecified atom stereocenters. The number of benzene rings is 1. The van der Waals surface area contributed by atoms with Gasteiger partial charge in [-0.3, -0.25) is 9.78 Å². The lowest BCUT2D eigenvalue weighted by Gasteiger charge is -2.32. The number of pyridine rings is 1. The first-order valence-corrected chi connectivity index (χ1v) is 8.51. The highest BCUT2D eigenvalue weighted by Gasteiger charge is 2.29. The Kier molecular flexibility index (Phi) is 5.39. The largest absolute Gasteiger partial charge is 0.342 e. The Morgan fingerprint density at radius 3 is 2.56 bits per heavy atom. The van der Waals surface area contributed by atoms with E-state index < -0.39 is 5.92 Å². The molecule has 0 radical (unpaired) electrons. The molecule has 1 aromatic carbocycles. The SMILES string of the molecule is N#CC1CCN(C(=O)C(Cc2ccccn2)c2ccc(F)cc2)CC1. The average molecular weight is 337 g/mol. The minimum absolute atomic E-state index is 0.0219. The van der Waals surface area contributed by atoms with E-state index in [4.69, 9.17) is 5.26 Å². The summed E-state index contributed by atoms with van der Waals surface area (Å²) in [6, 6.07) is 14.0. The van der Waals surface area contributed by atoms with E-state index in [-0.39, 0.29) is 17.6 Å². The maximum Gasteiger partial charge on any atom is 0.230 e. The van der Waals surface area contributed by atoms with Gasteiger partial charge in [-0.25, -0.2) is 4.39 Å². The lowest BCUT2D eigenvalue weighted by molar-refractivity contribution is -0.134. The van der Waals surface area contributed by atoms with Gasteiger partial charge in [0.05, 0.1) is 12.0 Å². The highest BCUT2D eigenvalue weighted by atomic mass is 19.1. The lowest BCUT2D eigenvalue weighted by Crippen LogP contribution is -2.41. The Morgan fingerprint density at radius 2 is 1.96 bits per heavy atom. The summed E-state index contributed by atoms with van der Waals surface area (Å²) in [5.74, 6) is -0.658. The molecular formula is C20H20FN3O. The summed E-state index contributed by atoms with van der Waals surface area (Å²) in [5.41, 5.74) is 1.62. The fraction of sp³-hybridized carbons (Fsp3) is 0.350. The fourth-order valence-electron chi connectivity index (χ4n) is 3.22. The van der Waals surface area contributed by atoms with E-state index in [1.54, 1.807) is 18.3 Å². The topological polar surface area (TPSA) is 57.0 Å². The smallest absolute Gasteiger partial charge is 0.230 e. The first kappa shape index (κ1) is 17.1. The Balaban J connectivity index is 1.82. The van der Waals surface area contributed by atoms with Gasteiger partial charge in [-0.2, -0.15) is 5.26 Å². The number of aromatic nitrogens is 1. The Hall–Kier alpha value is -2.74. The second-order valence-electron chi connectivity index (χ2n) is 6.36. The molecule has 0 saturated carbocycles. The van der Waals surface area contributed by atoms with Gasteiger partial charge >= 0.3 is 0 Å². The molecule has 1 saturated heterocycles. The molecule has 128 valence electrons. The maximum absolute atomic E-state index is 13.3. The quantitative estimate of drug-likeness (QED) is 0.860. The van der Waals surface area contributed by atoms with Crippen molar-refractivity contribution >= 4 is 5.91 Å². The van der Waals surface area contributed by atoms with Crippen LogP contribution in [0.2, 0.25) is 0 Å². The van der Waals surface area contributed by atoms with Crippen LogP contribution in [0.15, 0.2) is 48.7 Å².